The van der Waals surface area contributed by atoms with E-state index in [2.05, 4.69) is 10.0 Å². The fourth-order valence-electron chi connectivity index (χ4n) is 2.12. The Morgan fingerprint density at radius 2 is 1.85 bits per heavy atom. The predicted molar refractivity (Wildman–Crippen MR) is 93.6 cm³/mol. The highest BCUT2D eigenvalue weighted by Gasteiger charge is 2.22. The zero-order chi connectivity index (χ0) is 19.2. The van der Waals surface area contributed by atoms with Gasteiger partial charge in [0.1, 0.15) is 10.6 Å². The van der Waals surface area contributed by atoms with Crippen molar-refractivity contribution >= 4 is 21.6 Å². The molecule has 9 nitrogen and oxygen atoms in total. The molecule has 0 aliphatic carbocycles. The van der Waals surface area contributed by atoms with Gasteiger partial charge >= 0.3 is 0 Å². The lowest BCUT2D eigenvalue weighted by Gasteiger charge is -2.11. The fraction of sp³-hybridized carbons (Fsp3) is 0.188. The van der Waals surface area contributed by atoms with Gasteiger partial charge in [-0.2, -0.15) is 0 Å². The third-order valence-electron chi connectivity index (χ3n) is 3.39. The highest BCUT2D eigenvalue weighted by Crippen LogP contribution is 2.27. The van der Waals surface area contributed by atoms with E-state index in [-0.39, 0.29) is 35.3 Å². The Hall–Kier alpha value is -2.98. The first kappa shape index (κ1) is 19.3. The molecular weight excluding hydrogens is 362 g/mol. The van der Waals surface area contributed by atoms with Gasteiger partial charge in [-0.1, -0.05) is 18.2 Å². The monoisotopic (exact) mass is 379 g/mol. The number of nitro groups is 1. The van der Waals surface area contributed by atoms with E-state index in [1.165, 1.54) is 13.2 Å². The van der Waals surface area contributed by atoms with Gasteiger partial charge in [0.15, 0.2) is 0 Å². The van der Waals surface area contributed by atoms with Gasteiger partial charge in [-0.15, -0.1) is 0 Å². The summed E-state index contributed by atoms with van der Waals surface area (Å²) < 4.78 is 32.0. The first-order chi connectivity index (χ1) is 12.3. The van der Waals surface area contributed by atoms with E-state index in [0.717, 1.165) is 12.1 Å². The second kappa shape index (κ2) is 8.41. The maximum absolute atomic E-state index is 12.4. The number of amides is 1. The van der Waals surface area contributed by atoms with Crippen molar-refractivity contribution in [1.29, 1.82) is 0 Å². The number of carbonyl (C=O) groups is 1. The molecule has 2 rings (SSSR count). The lowest BCUT2D eigenvalue weighted by atomic mass is 10.2. The van der Waals surface area contributed by atoms with E-state index in [4.69, 9.17) is 4.74 Å². The van der Waals surface area contributed by atoms with Crippen LogP contribution in [0, 0.1) is 10.1 Å². The third kappa shape index (κ3) is 4.77. The summed E-state index contributed by atoms with van der Waals surface area (Å²) in [7, 11) is -2.79. The van der Waals surface area contributed by atoms with Gasteiger partial charge in [0, 0.05) is 30.8 Å². The van der Waals surface area contributed by atoms with Crippen molar-refractivity contribution in [1.82, 2.24) is 10.0 Å². The van der Waals surface area contributed by atoms with Gasteiger partial charge in [-0.05, 0) is 18.2 Å². The van der Waals surface area contributed by atoms with Gasteiger partial charge in [0.25, 0.3) is 11.6 Å². The number of methoxy groups -OCH3 is 1. The molecule has 138 valence electrons. The Labute approximate surface area is 150 Å². The zero-order valence-corrected chi connectivity index (χ0v) is 14.7. The minimum atomic E-state index is -4.05. The quantitative estimate of drug-likeness (QED) is 0.404. The van der Waals surface area contributed by atoms with Crippen molar-refractivity contribution in [2.24, 2.45) is 0 Å². The number of sulfonamides is 1. The SMILES string of the molecule is COc1ccc([N+](=O)[O-])cc1S(=O)(=O)NCCNC(=O)c1ccccc1. The molecule has 26 heavy (non-hydrogen) atoms. The molecule has 0 saturated carbocycles. The smallest absolute Gasteiger partial charge is 0.271 e. The molecule has 0 radical (unpaired) electrons. The van der Waals surface area contributed by atoms with Crippen LogP contribution in [0.25, 0.3) is 0 Å². The van der Waals surface area contributed by atoms with Crippen molar-refractivity contribution in [3.63, 3.8) is 0 Å². The number of nitrogens with one attached hydrogen (secondary N) is 2. The van der Waals surface area contributed by atoms with Crippen LogP contribution in [0.1, 0.15) is 10.4 Å². The Balaban J connectivity index is 2.02. The number of nitro benzene ring substituents is 1. The number of rotatable bonds is 8. The Bertz CT molecular complexity index is 899. The lowest BCUT2D eigenvalue weighted by Crippen LogP contribution is -2.34. The summed E-state index contributed by atoms with van der Waals surface area (Å²) in [4.78, 5) is 21.7. The second-order valence-corrected chi connectivity index (χ2v) is 6.85. The zero-order valence-electron chi connectivity index (χ0n) is 13.8. The third-order valence-corrected chi connectivity index (χ3v) is 4.87. The maximum atomic E-state index is 12.4. The molecule has 0 fully saturated rings. The first-order valence-electron chi connectivity index (χ1n) is 7.50. The normalized spacial score (nSPS) is 11.0. The maximum Gasteiger partial charge on any atom is 0.271 e. The average molecular weight is 379 g/mol. The van der Waals surface area contributed by atoms with E-state index in [1.54, 1.807) is 30.3 Å². The lowest BCUT2D eigenvalue weighted by molar-refractivity contribution is -0.385. The Morgan fingerprint density at radius 1 is 1.15 bits per heavy atom. The van der Waals surface area contributed by atoms with Crippen LogP contribution < -0.4 is 14.8 Å². The fourth-order valence-corrected chi connectivity index (χ4v) is 3.34. The van der Waals surface area contributed by atoms with E-state index in [1.807, 2.05) is 0 Å². The van der Waals surface area contributed by atoms with Crippen molar-refractivity contribution < 1.29 is 22.9 Å². The molecule has 0 heterocycles. The van der Waals surface area contributed by atoms with Gasteiger partial charge in [0.05, 0.1) is 12.0 Å². The summed E-state index contributed by atoms with van der Waals surface area (Å²) in [6.07, 6.45) is 0. The van der Waals surface area contributed by atoms with E-state index in [9.17, 15) is 23.3 Å². The highest BCUT2D eigenvalue weighted by atomic mass is 32.2. The van der Waals surface area contributed by atoms with Crippen LogP contribution in [0.2, 0.25) is 0 Å². The summed E-state index contributed by atoms with van der Waals surface area (Å²) >= 11 is 0. The number of carbonyl (C=O) groups excluding carboxylic acids is 1. The largest absolute Gasteiger partial charge is 0.495 e. The van der Waals surface area contributed by atoms with E-state index < -0.39 is 14.9 Å². The summed E-state index contributed by atoms with van der Waals surface area (Å²) in [6, 6.07) is 11.8. The highest BCUT2D eigenvalue weighted by molar-refractivity contribution is 7.89. The second-order valence-electron chi connectivity index (χ2n) is 5.11. The molecule has 2 aromatic rings. The molecule has 0 atom stereocenters. The van der Waals surface area contributed by atoms with Gasteiger partial charge in [-0.25, -0.2) is 13.1 Å². The number of hydrogen-bond donors (Lipinski definition) is 2. The standard InChI is InChI=1S/C16H17N3O6S/c1-25-14-8-7-13(19(21)22)11-15(14)26(23,24)18-10-9-17-16(20)12-5-3-2-4-6-12/h2-8,11,18H,9-10H2,1H3,(H,17,20). The van der Waals surface area contributed by atoms with Crippen LogP contribution in [0.3, 0.4) is 0 Å². The molecule has 0 aliphatic heterocycles. The molecular formula is C16H17N3O6S. The number of nitrogens with zero attached hydrogens (tertiary/aromatic N) is 1. The van der Waals surface area contributed by atoms with Crippen LogP contribution in [0.5, 0.6) is 5.75 Å². The molecule has 2 aromatic carbocycles. The molecule has 0 unspecified atom stereocenters. The topological polar surface area (TPSA) is 128 Å². The summed E-state index contributed by atoms with van der Waals surface area (Å²) in [5, 5.41) is 13.4. The van der Waals surface area contributed by atoms with Gasteiger partial charge in [-0.3, -0.25) is 14.9 Å². The van der Waals surface area contributed by atoms with E-state index in [0.29, 0.717) is 5.56 Å². The number of hydrogen-bond acceptors (Lipinski definition) is 6. The Kier molecular flexibility index (Phi) is 6.26. The van der Waals surface area contributed by atoms with Crippen LogP contribution in [0.4, 0.5) is 5.69 Å². The average Bonchev–Trinajstić information content (AvgIpc) is 2.65. The van der Waals surface area contributed by atoms with Crippen molar-refractivity contribution in [3.8, 4) is 5.75 Å². The van der Waals surface area contributed by atoms with E-state index >= 15 is 0 Å². The molecule has 10 heteroatoms. The molecule has 0 aromatic heterocycles. The van der Waals surface area contributed by atoms with Crippen LogP contribution in [-0.4, -0.2) is 39.4 Å². The van der Waals surface area contributed by atoms with Crippen LogP contribution in [0.15, 0.2) is 53.4 Å². The van der Waals surface area contributed by atoms with Crippen LogP contribution >= 0.6 is 0 Å². The van der Waals surface area contributed by atoms with Crippen LogP contribution in [-0.2, 0) is 10.0 Å². The van der Waals surface area contributed by atoms with Gasteiger partial charge in [0.2, 0.25) is 10.0 Å². The minimum absolute atomic E-state index is 0.0172. The summed E-state index contributed by atoms with van der Waals surface area (Å²) in [5.41, 5.74) is 0.0827. The Morgan fingerprint density at radius 3 is 2.46 bits per heavy atom. The predicted octanol–water partition coefficient (Wildman–Crippen LogP) is 1.31. The van der Waals surface area contributed by atoms with Crippen molar-refractivity contribution in [3.05, 3.63) is 64.2 Å². The number of benzene rings is 2. The molecule has 0 spiro atoms. The van der Waals surface area contributed by atoms with Crippen molar-refractivity contribution in [2.75, 3.05) is 20.2 Å². The summed E-state index contributed by atoms with van der Waals surface area (Å²) in [5.74, 6) is -0.353. The molecule has 0 bridgehead atoms. The molecule has 0 aliphatic rings. The number of non-ortho nitro benzene ring substituents is 1. The molecule has 1 amide bonds. The van der Waals surface area contributed by atoms with Crippen molar-refractivity contribution in [2.45, 2.75) is 4.90 Å². The summed E-state index contributed by atoms with van der Waals surface area (Å²) in [6.45, 7) is -0.0447. The first-order valence-corrected chi connectivity index (χ1v) is 8.99. The molecule has 0 saturated heterocycles. The minimum Gasteiger partial charge on any atom is -0.495 e. The van der Waals surface area contributed by atoms with Gasteiger partial charge < -0.3 is 10.1 Å². The number of ether oxygens (including phenoxy) is 1. The molecule has 2 N–H and O–H groups in total.